The molecule has 0 spiro atoms. The number of carbonyl (C=O) groups excluding carboxylic acids is 3. The Morgan fingerprint density at radius 2 is 1.63 bits per heavy atom. The van der Waals surface area contributed by atoms with E-state index >= 15 is 0 Å². The maximum Gasteiger partial charge on any atom is 0.309 e. The van der Waals surface area contributed by atoms with Crippen LogP contribution in [0, 0.1) is 17.7 Å². The Bertz CT molecular complexity index is 1350. The number of rotatable bonds is 9. The number of aliphatic hydroxyl groups excluding tert-OH is 1. The number of esters is 1. The Hall–Kier alpha value is -4.30. The number of benzene rings is 3. The number of hydrogen-bond donors (Lipinski definition) is 3. The fourth-order valence-corrected chi connectivity index (χ4v) is 5.21. The summed E-state index contributed by atoms with van der Waals surface area (Å²) in [7, 11) is 0. The molecule has 43 heavy (non-hydrogen) atoms. The van der Waals surface area contributed by atoms with Gasteiger partial charge in [0.2, 0.25) is 11.8 Å². The van der Waals surface area contributed by atoms with Crippen LogP contribution >= 0.6 is 0 Å². The van der Waals surface area contributed by atoms with E-state index in [2.05, 4.69) is 10.6 Å². The fraction of sp³-hybridized carbons (Fsp3) is 0.343. The number of halogens is 1. The molecule has 2 amide bonds. The summed E-state index contributed by atoms with van der Waals surface area (Å²) in [6.07, 6.45) is 5.32. The average Bonchev–Trinajstić information content (AvgIpc) is 3.03. The number of hydrogen-bond acceptors (Lipinski definition) is 5. The van der Waals surface area contributed by atoms with E-state index in [1.165, 1.54) is 12.1 Å². The van der Waals surface area contributed by atoms with E-state index in [0.717, 1.165) is 16.7 Å². The minimum absolute atomic E-state index is 0.0486. The van der Waals surface area contributed by atoms with Gasteiger partial charge in [0, 0.05) is 6.42 Å². The number of ether oxygens (including phenoxy) is 1. The Balaban J connectivity index is 1.47. The second-order valence-corrected chi connectivity index (χ2v) is 10.9. The van der Waals surface area contributed by atoms with Gasteiger partial charge in [-0.05, 0) is 60.9 Å². The lowest BCUT2D eigenvalue weighted by molar-refractivity contribution is -0.155. The summed E-state index contributed by atoms with van der Waals surface area (Å²) in [5.74, 6) is -2.46. The zero-order chi connectivity index (χ0) is 30.4. The van der Waals surface area contributed by atoms with Crippen molar-refractivity contribution in [1.82, 2.24) is 10.6 Å². The average molecular weight is 587 g/mol. The summed E-state index contributed by atoms with van der Waals surface area (Å²) in [5, 5.41) is 15.6. The molecule has 0 saturated carbocycles. The molecule has 0 saturated heterocycles. The van der Waals surface area contributed by atoms with Gasteiger partial charge in [-0.1, -0.05) is 84.9 Å². The highest BCUT2D eigenvalue weighted by molar-refractivity contribution is 5.86. The SMILES string of the molecule is O=C(C[C@H]1C/C=C\CC[C@H](Cc2ccc(F)cc2)C(=O)O[C@@H](c2ccccc2)CNC1=O)N[C@@H](CO)Cc1ccccc1. The maximum atomic E-state index is 13.5. The van der Waals surface area contributed by atoms with E-state index < -0.39 is 24.0 Å². The number of aliphatic hydroxyl groups is 1. The molecule has 8 heteroatoms. The lowest BCUT2D eigenvalue weighted by atomic mass is 9.94. The van der Waals surface area contributed by atoms with Crippen LogP contribution in [0.1, 0.15) is 48.5 Å². The van der Waals surface area contributed by atoms with Crippen molar-refractivity contribution in [3.05, 3.63) is 120 Å². The van der Waals surface area contributed by atoms with Gasteiger partial charge in [0.1, 0.15) is 11.9 Å². The van der Waals surface area contributed by atoms with Gasteiger partial charge >= 0.3 is 5.97 Å². The summed E-state index contributed by atoms with van der Waals surface area (Å²) < 4.78 is 19.4. The summed E-state index contributed by atoms with van der Waals surface area (Å²) in [4.78, 5) is 39.8. The van der Waals surface area contributed by atoms with Crippen molar-refractivity contribution < 1.29 is 28.6 Å². The highest BCUT2D eigenvalue weighted by Gasteiger charge is 2.28. The first-order valence-electron chi connectivity index (χ1n) is 14.8. The monoisotopic (exact) mass is 586 g/mol. The third-order valence-electron chi connectivity index (χ3n) is 7.60. The van der Waals surface area contributed by atoms with Gasteiger partial charge in [-0.2, -0.15) is 0 Å². The third-order valence-corrected chi connectivity index (χ3v) is 7.60. The number of cyclic esters (lactones) is 1. The summed E-state index contributed by atoms with van der Waals surface area (Å²) >= 11 is 0. The fourth-order valence-electron chi connectivity index (χ4n) is 5.21. The van der Waals surface area contributed by atoms with Gasteiger partial charge in [0.15, 0.2) is 0 Å². The van der Waals surface area contributed by atoms with Crippen molar-refractivity contribution in [3.63, 3.8) is 0 Å². The molecule has 0 bridgehead atoms. The molecule has 1 heterocycles. The van der Waals surface area contributed by atoms with Crippen LogP contribution in [0.2, 0.25) is 0 Å². The molecule has 1 aliphatic heterocycles. The van der Waals surface area contributed by atoms with Crippen LogP contribution in [0.5, 0.6) is 0 Å². The first-order chi connectivity index (χ1) is 20.9. The van der Waals surface area contributed by atoms with E-state index in [9.17, 15) is 23.9 Å². The quantitative estimate of drug-likeness (QED) is 0.246. The van der Waals surface area contributed by atoms with Gasteiger partial charge < -0.3 is 20.5 Å². The van der Waals surface area contributed by atoms with Crippen LogP contribution in [0.15, 0.2) is 97.1 Å². The molecule has 4 atom stereocenters. The van der Waals surface area contributed by atoms with E-state index in [0.29, 0.717) is 32.1 Å². The van der Waals surface area contributed by atoms with Gasteiger partial charge in [-0.15, -0.1) is 0 Å². The number of amides is 2. The molecule has 4 rings (SSSR count). The summed E-state index contributed by atoms with van der Waals surface area (Å²) in [6, 6.07) is 24.4. The van der Waals surface area contributed by atoms with Crippen LogP contribution in [0.25, 0.3) is 0 Å². The van der Waals surface area contributed by atoms with Crippen molar-refractivity contribution in [1.29, 1.82) is 0 Å². The Morgan fingerprint density at radius 1 is 0.930 bits per heavy atom. The number of nitrogens with one attached hydrogen (secondary N) is 2. The summed E-state index contributed by atoms with van der Waals surface area (Å²) in [5.41, 5.74) is 2.57. The molecule has 0 radical (unpaired) electrons. The molecular formula is C35H39FN2O5. The molecule has 0 aromatic heterocycles. The van der Waals surface area contributed by atoms with Crippen molar-refractivity contribution in [2.45, 2.75) is 50.7 Å². The highest BCUT2D eigenvalue weighted by atomic mass is 19.1. The minimum atomic E-state index is -0.721. The number of allylic oxidation sites excluding steroid dienone is 2. The summed E-state index contributed by atoms with van der Waals surface area (Å²) in [6.45, 7) is -0.173. The lowest BCUT2D eigenvalue weighted by Gasteiger charge is -2.24. The first-order valence-corrected chi connectivity index (χ1v) is 14.8. The zero-order valence-corrected chi connectivity index (χ0v) is 24.2. The Morgan fingerprint density at radius 3 is 2.33 bits per heavy atom. The second kappa shape index (κ2) is 16.4. The van der Waals surface area contributed by atoms with Crippen LogP contribution in [-0.4, -0.2) is 42.1 Å². The van der Waals surface area contributed by atoms with Gasteiger partial charge in [0.05, 0.1) is 31.0 Å². The Labute approximate surface area is 252 Å². The van der Waals surface area contributed by atoms with Crippen LogP contribution in [0.4, 0.5) is 4.39 Å². The van der Waals surface area contributed by atoms with E-state index in [-0.39, 0.29) is 43.2 Å². The molecule has 226 valence electrons. The van der Waals surface area contributed by atoms with Crippen molar-refractivity contribution >= 4 is 17.8 Å². The molecular weight excluding hydrogens is 547 g/mol. The Kier molecular flexibility index (Phi) is 12.0. The van der Waals surface area contributed by atoms with Crippen molar-refractivity contribution in [3.8, 4) is 0 Å². The van der Waals surface area contributed by atoms with Gasteiger partial charge in [-0.25, -0.2) is 4.39 Å². The lowest BCUT2D eigenvalue weighted by Crippen LogP contribution is -2.42. The zero-order valence-electron chi connectivity index (χ0n) is 24.2. The topological polar surface area (TPSA) is 105 Å². The van der Waals surface area contributed by atoms with E-state index in [1.54, 1.807) is 12.1 Å². The molecule has 3 aromatic carbocycles. The van der Waals surface area contributed by atoms with Crippen molar-refractivity contribution in [2.75, 3.05) is 13.2 Å². The molecule has 3 aromatic rings. The van der Waals surface area contributed by atoms with E-state index in [4.69, 9.17) is 4.74 Å². The first kappa shape index (κ1) is 31.6. The molecule has 0 fully saturated rings. The highest BCUT2D eigenvalue weighted by Crippen LogP contribution is 2.24. The largest absolute Gasteiger partial charge is 0.455 e. The standard InChI is InChI=1S/C35H39FN2O5/c36-30-18-16-26(17-19-30)20-29-15-9-3-8-14-28(22-33(40)38-31(24-39)21-25-10-4-1-5-11-25)34(41)37-23-32(43-35(29)42)27-12-6-2-7-13-27/h1-8,10-13,16-19,28-29,31-32,39H,9,14-15,20-24H2,(H,37,41)(H,38,40)/b8-3-/t28-,29-,31-,32-/m1/s1. The van der Waals surface area contributed by atoms with E-state index in [1.807, 2.05) is 72.8 Å². The second-order valence-electron chi connectivity index (χ2n) is 10.9. The normalized spacial score (nSPS) is 21.2. The number of carbonyl (C=O) groups is 3. The molecule has 0 unspecified atom stereocenters. The maximum absolute atomic E-state index is 13.5. The minimum Gasteiger partial charge on any atom is -0.455 e. The smallest absolute Gasteiger partial charge is 0.309 e. The molecule has 7 nitrogen and oxygen atoms in total. The van der Waals surface area contributed by atoms with Crippen molar-refractivity contribution in [2.24, 2.45) is 11.8 Å². The third kappa shape index (κ3) is 10.2. The van der Waals surface area contributed by atoms with Crippen LogP contribution < -0.4 is 10.6 Å². The van der Waals surface area contributed by atoms with Crippen LogP contribution in [-0.2, 0) is 32.0 Å². The van der Waals surface area contributed by atoms with Crippen LogP contribution in [0.3, 0.4) is 0 Å². The van der Waals surface area contributed by atoms with Gasteiger partial charge in [0.25, 0.3) is 0 Å². The van der Waals surface area contributed by atoms with Gasteiger partial charge in [-0.3, -0.25) is 14.4 Å². The predicted molar refractivity (Wildman–Crippen MR) is 162 cm³/mol. The predicted octanol–water partition coefficient (Wildman–Crippen LogP) is 4.85. The molecule has 0 aliphatic carbocycles. The molecule has 3 N–H and O–H groups in total. The molecule has 1 aliphatic rings.